The van der Waals surface area contributed by atoms with Gasteiger partial charge in [0, 0.05) is 11.4 Å². The van der Waals surface area contributed by atoms with Crippen molar-refractivity contribution in [2.75, 3.05) is 4.90 Å². The number of carbonyl (C=O) groups excluding carboxylic acids is 3. The molecule has 0 radical (unpaired) electrons. The van der Waals surface area contributed by atoms with Crippen molar-refractivity contribution in [3.05, 3.63) is 87.2 Å². The van der Waals surface area contributed by atoms with E-state index in [1.54, 1.807) is 18.2 Å². The fourth-order valence-electron chi connectivity index (χ4n) is 4.56. The largest absolute Gasteiger partial charge is 0.335 e. The first kappa shape index (κ1) is 22.3. The summed E-state index contributed by atoms with van der Waals surface area (Å²) in [5.74, 6) is -1.33. The standard InChI is InChI=1S/C27H27N3O3/c1-15-10-16(2)12-22(11-15)30-26(32)23(25(31)28-27(30)33)14-21-13-19(5)29(20(21)6)24-17(3)8-7-9-18(24)4/h7-14H,1-6H3,(H,28,31,33)/b23-14+. The lowest BCUT2D eigenvalue weighted by atomic mass is 10.1. The van der Waals surface area contributed by atoms with Crippen LogP contribution in [-0.4, -0.2) is 22.4 Å². The number of nitrogens with one attached hydrogen (secondary N) is 1. The van der Waals surface area contributed by atoms with Crippen LogP contribution in [0.25, 0.3) is 11.8 Å². The summed E-state index contributed by atoms with van der Waals surface area (Å²) in [6.45, 7) is 11.9. The van der Waals surface area contributed by atoms with E-state index in [4.69, 9.17) is 0 Å². The third kappa shape index (κ3) is 3.89. The lowest BCUT2D eigenvalue weighted by molar-refractivity contribution is -0.122. The van der Waals surface area contributed by atoms with Crippen LogP contribution in [0.3, 0.4) is 0 Å². The molecule has 1 saturated heterocycles. The number of aryl methyl sites for hydroxylation is 5. The number of urea groups is 1. The molecule has 0 spiro atoms. The third-order valence-electron chi connectivity index (χ3n) is 6.00. The highest BCUT2D eigenvalue weighted by Crippen LogP contribution is 2.29. The molecule has 6 nitrogen and oxygen atoms in total. The second kappa shape index (κ2) is 8.20. The number of carbonyl (C=O) groups is 3. The van der Waals surface area contributed by atoms with Crippen molar-refractivity contribution in [1.29, 1.82) is 0 Å². The third-order valence-corrected chi connectivity index (χ3v) is 6.00. The first-order valence-corrected chi connectivity index (χ1v) is 10.8. The van der Waals surface area contributed by atoms with E-state index in [9.17, 15) is 14.4 Å². The monoisotopic (exact) mass is 441 g/mol. The Labute approximate surface area is 193 Å². The molecule has 0 unspecified atom stereocenters. The van der Waals surface area contributed by atoms with Gasteiger partial charge in [-0.05, 0) is 93.6 Å². The van der Waals surface area contributed by atoms with E-state index in [0.29, 0.717) is 5.69 Å². The van der Waals surface area contributed by atoms with Crippen LogP contribution in [0.5, 0.6) is 0 Å². The van der Waals surface area contributed by atoms with Crippen molar-refractivity contribution in [1.82, 2.24) is 9.88 Å². The quantitative estimate of drug-likeness (QED) is 0.460. The first-order chi connectivity index (χ1) is 15.6. The minimum atomic E-state index is -0.742. The van der Waals surface area contributed by atoms with E-state index in [-0.39, 0.29) is 5.57 Å². The predicted molar refractivity (Wildman–Crippen MR) is 130 cm³/mol. The van der Waals surface area contributed by atoms with E-state index in [1.165, 1.54) is 0 Å². The van der Waals surface area contributed by atoms with Crippen molar-refractivity contribution in [3.8, 4) is 5.69 Å². The van der Waals surface area contributed by atoms with Crippen LogP contribution in [0.4, 0.5) is 10.5 Å². The van der Waals surface area contributed by atoms with Gasteiger partial charge in [0.25, 0.3) is 11.8 Å². The zero-order chi connectivity index (χ0) is 24.0. The van der Waals surface area contributed by atoms with E-state index in [0.717, 1.165) is 49.8 Å². The molecule has 33 heavy (non-hydrogen) atoms. The first-order valence-electron chi connectivity index (χ1n) is 10.8. The van der Waals surface area contributed by atoms with E-state index in [1.807, 2.05) is 45.9 Å². The summed E-state index contributed by atoms with van der Waals surface area (Å²) in [6.07, 6.45) is 1.58. The molecule has 1 aliphatic heterocycles. The zero-order valence-corrected chi connectivity index (χ0v) is 19.7. The molecule has 0 aliphatic carbocycles. The van der Waals surface area contributed by atoms with Crippen molar-refractivity contribution in [2.45, 2.75) is 41.5 Å². The molecule has 168 valence electrons. The Hall–Kier alpha value is -3.93. The molecule has 1 aliphatic rings. The predicted octanol–water partition coefficient (Wildman–Crippen LogP) is 4.99. The van der Waals surface area contributed by atoms with Crippen LogP contribution in [0.15, 0.2) is 48.0 Å². The number of aromatic nitrogens is 1. The van der Waals surface area contributed by atoms with Gasteiger partial charge in [-0.1, -0.05) is 24.3 Å². The molecule has 2 heterocycles. The van der Waals surface area contributed by atoms with Gasteiger partial charge in [0.1, 0.15) is 5.57 Å². The summed E-state index contributed by atoms with van der Waals surface area (Å²) in [4.78, 5) is 39.6. The highest BCUT2D eigenvalue weighted by atomic mass is 16.2. The fraction of sp³-hybridized carbons (Fsp3) is 0.222. The van der Waals surface area contributed by atoms with Crippen molar-refractivity contribution in [3.63, 3.8) is 0 Å². The molecule has 1 N–H and O–H groups in total. The second-order valence-corrected chi connectivity index (χ2v) is 8.71. The van der Waals surface area contributed by atoms with E-state index < -0.39 is 17.8 Å². The van der Waals surface area contributed by atoms with Gasteiger partial charge in [0.15, 0.2) is 0 Å². The summed E-state index contributed by atoms with van der Waals surface area (Å²) >= 11 is 0. The minimum Gasteiger partial charge on any atom is -0.317 e. The lowest BCUT2D eigenvalue weighted by Gasteiger charge is -2.27. The number of para-hydroxylation sites is 1. The normalized spacial score (nSPS) is 15.4. The summed E-state index contributed by atoms with van der Waals surface area (Å²) in [5.41, 5.74) is 8.21. The van der Waals surface area contributed by atoms with Gasteiger partial charge in [0.2, 0.25) is 0 Å². The summed E-state index contributed by atoms with van der Waals surface area (Å²) < 4.78 is 2.13. The van der Waals surface area contributed by atoms with Gasteiger partial charge in [-0.3, -0.25) is 14.9 Å². The van der Waals surface area contributed by atoms with Gasteiger partial charge >= 0.3 is 6.03 Å². The number of barbiturate groups is 1. The van der Waals surface area contributed by atoms with Crippen molar-refractivity contribution in [2.24, 2.45) is 0 Å². The molecule has 1 fully saturated rings. The molecule has 3 aromatic rings. The Morgan fingerprint density at radius 1 is 0.818 bits per heavy atom. The maximum Gasteiger partial charge on any atom is 0.335 e. The number of imide groups is 2. The molecular formula is C27H27N3O3. The minimum absolute atomic E-state index is 0.0736. The van der Waals surface area contributed by atoms with Crippen molar-refractivity contribution < 1.29 is 14.4 Å². The number of hydrogen-bond donors (Lipinski definition) is 1. The lowest BCUT2D eigenvalue weighted by Crippen LogP contribution is -2.54. The Morgan fingerprint density at radius 3 is 2.03 bits per heavy atom. The number of nitrogens with zero attached hydrogens (tertiary/aromatic N) is 2. The topological polar surface area (TPSA) is 71.4 Å². The van der Waals surface area contributed by atoms with E-state index in [2.05, 4.69) is 35.9 Å². The van der Waals surface area contributed by atoms with Crippen LogP contribution < -0.4 is 10.2 Å². The number of rotatable bonds is 3. The zero-order valence-electron chi connectivity index (χ0n) is 19.7. The average Bonchev–Trinajstić information content (AvgIpc) is 2.98. The number of hydrogen-bond acceptors (Lipinski definition) is 3. The molecule has 0 bridgehead atoms. The summed E-state index contributed by atoms with van der Waals surface area (Å²) in [5, 5.41) is 2.31. The van der Waals surface area contributed by atoms with Crippen LogP contribution >= 0.6 is 0 Å². The molecule has 6 heteroatoms. The smallest absolute Gasteiger partial charge is 0.317 e. The molecule has 0 atom stereocenters. The van der Waals surface area contributed by atoms with Crippen LogP contribution in [0.1, 0.15) is 39.2 Å². The second-order valence-electron chi connectivity index (χ2n) is 8.71. The molecule has 4 amide bonds. The molecular weight excluding hydrogens is 414 g/mol. The van der Waals surface area contributed by atoms with Crippen LogP contribution in [-0.2, 0) is 9.59 Å². The highest BCUT2D eigenvalue weighted by Gasteiger charge is 2.37. The maximum absolute atomic E-state index is 13.3. The Kier molecular flexibility index (Phi) is 5.54. The fourth-order valence-corrected chi connectivity index (χ4v) is 4.56. The number of amides is 4. The van der Waals surface area contributed by atoms with Gasteiger partial charge in [-0.2, -0.15) is 0 Å². The summed E-state index contributed by atoms with van der Waals surface area (Å²) in [7, 11) is 0. The average molecular weight is 442 g/mol. The molecule has 1 aromatic heterocycles. The van der Waals surface area contributed by atoms with Gasteiger partial charge in [0.05, 0.1) is 11.4 Å². The summed E-state index contributed by atoms with van der Waals surface area (Å²) in [6, 6.07) is 12.8. The number of anilines is 1. The highest BCUT2D eigenvalue weighted by molar-refractivity contribution is 6.39. The van der Waals surface area contributed by atoms with Gasteiger partial charge in [-0.25, -0.2) is 9.69 Å². The SMILES string of the molecule is Cc1cc(C)cc(N2C(=O)NC(=O)/C(=C\c3cc(C)n(-c4c(C)cccc4C)c3C)C2=O)c1. The Balaban J connectivity index is 1.81. The van der Waals surface area contributed by atoms with Crippen LogP contribution in [0.2, 0.25) is 0 Å². The Bertz CT molecular complexity index is 1320. The van der Waals surface area contributed by atoms with Gasteiger partial charge < -0.3 is 4.57 Å². The van der Waals surface area contributed by atoms with E-state index >= 15 is 0 Å². The molecule has 2 aromatic carbocycles. The van der Waals surface area contributed by atoms with Crippen LogP contribution in [0, 0.1) is 41.5 Å². The Morgan fingerprint density at radius 2 is 1.42 bits per heavy atom. The molecule has 0 saturated carbocycles. The van der Waals surface area contributed by atoms with Gasteiger partial charge in [-0.15, -0.1) is 0 Å². The maximum atomic E-state index is 13.3. The number of benzene rings is 2. The molecule has 4 rings (SSSR count). The van der Waals surface area contributed by atoms with Crippen molar-refractivity contribution >= 4 is 29.6 Å².